The molecule has 1 atom stereocenters. The van der Waals surface area contributed by atoms with Crippen LogP contribution in [0.4, 0.5) is 4.79 Å². The number of rotatable bonds is 6. The molecule has 3 N–H and O–H groups in total. The molecule has 2 saturated heterocycles. The number of likely N-dealkylation sites (tertiary alicyclic amines) is 2. The Morgan fingerprint density at radius 3 is 2.36 bits per heavy atom. The maximum absolute atomic E-state index is 12.9. The highest BCUT2D eigenvalue weighted by Crippen LogP contribution is 2.23. The summed E-state index contributed by atoms with van der Waals surface area (Å²) in [5.41, 5.74) is 5.50. The van der Waals surface area contributed by atoms with Gasteiger partial charge in [0.1, 0.15) is 0 Å². The summed E-state index contributed by atoms with van der Waals surface area (Å²) in [6.07, 6.45) is 9.32. The van der Waals surface area contributed by atoms with Gasteiger partial charge in [0.25, 0.3) is 0 Å². The van der Waals surface area contributed by atoms with E-state index in [4.69, 9.17) is 10.5 Å². The summed E-state index contributed by atoms with van der Waals surface area (Å²) in [7, 11) is 0. The Balaban J connectivity index is 0.00000280. The fraction of sp³-hybridized carbons (Fsp3) is 0.900. The fourth-order valence-electron chi connectivity index (χ4n) is 4.53. The maximum Gasteiger partial charge on any atom is 0.317 e. The molecule has 0 aromatic carbocycles. The SMILES string of the molecule is Cl.NCCCOC1CCN(C(=O)C2CCCN(C(=O)NC3CCCC3)C2)CC1. The van der Waals surface area contributed by atoms with Gasteiger partial charge in [-0.05, 0) is 51.5 Å². The minimum absolute atomic E-state index is 0. The van der Waals surface area contributed by atoms with Gasteiger partial charge in [0.2, 0.25) is 5.91 Å². The van der Waals surface area contributed by atoms with Crippen molar-refractivity contribution in [3.05, 3.63) is 0 Å². The van der Waals surface area contributed by atoms with Crippen molar-refractivity contribution in [2.24, 2.45) is 11.7 Å². The molecule has 0 radical (unpaired) electrons. The molecule has 1 saturated carbocycles. The minimum atomic E-state index is -0.0530. The number of ether oxygens (including phenoxy) is 1. The third-order valence-electron chi connectivity index (χ3n) is 6.20. The van der Waals surface area contributed by atoms with E-state index in [1.165, 1.54) is 12.8 Å². The van der Waals surface area contributed by atoms with Gasteiger partial charge >= 0.3 is 6.03 Å². The highest BCUT2D eigenvalue weighted by Gasteiger charge is 2.33. The van der Waals surface area contributed by atoms with Crippen molar-refractivity contribution in [1.82, 2.24) is 15.1 Å². The van der Waals surface area contributed by atoms with Gasteiger partial charge in [-0.2, -0.15) is 0 Å². The number of hydrogen-bond acceptors (Lipinski definition) is 4. The Bertz CT molecular complexity index is 494. The van der Waals surface area contributed by atoms with Gasteiger partial charge in [0, 0.05) is 38.8 Å². The lowest BCUT2D eigenvalue weighted by molar-refractivity contribution is -0.139. The maximum atomic E-state index is 12.9. The lowest BCUT2D eigenvalue weighted by Crippen LogP contribution is -2.52. The highest BCUT2D eigenvalue weighted by molar-refractivity contribution is 5.85. The van der Waals surface area contributed by atoms with Crippen molar-refractivity contribution in [1.29, 1.82) is 0 Å². The van der Waals surface area contributed by atoms with E-state index in [1.807, 2.05) is 9.80 Å². The van der Waals surface area contributed by atoms with Crippen LogP contribution in [0.3, 0.4) is 0 Å². The standard InChI is InChI=1S/C20H36N4O3.ClH/c21-10-4-14-27-18-8-12-23(13-9-18)19(25)16-5-3-11-24(15-16)20(26)22-17-6-1-2-7-17;/h16-18H,1-15,21H2,(H,22,26);1H. The summed E-state index contributed by atoms with van der Waals surface area (Å²) in [5, 5.41) is 3.15. The van der Waals surface area contributed by atoms with Crippen molar-refractivity contribution in [3.63, 3.8) is 0 Å². The van der Waals surface area contributed by atoms with E-state index in [1.54, 1.807) is 0 Å². The highest BCUT2D eigenvalue weighted by atomic mass is 35.5. The smallest absolute Gasteiger partial charge is 0.317 e. The van der Waals surface area contributed by atoms with Gasteiger partial charge in [-0.15, -0.1) is 12.4 Å². The zero-order valence-electron chi connectivity index (χ0n) is 16.9. The van der Waals surface area contributed by atoms with Crippen LogP contribution in [-0.2, 0) is 9.53 Å². The van der Waals surface area contributed by atoms with E-state index in [2.05, 4.69) is 5.32 Å². The van der Waals surface area contributed by atoms with Gasteiger partial charge in [-0.3, -0.25) is 4.79 Å². The predicted molar refractivity (Wildman–Crippen MR) is 112 cm³/mol. The summed E-state index contributed by atoms with van der Waals surface area (Å²) in [4.78, 5) is 29.3. The summed E-state index contributed by atoms with van der Waals surface area (Å²) in [6, 6.07) is 0.346. The average Bonchev–Trinajstić information content (AvgIpc) is 3.21. The summed E-state index contributed by atoms with van der Waals surface area (Å²) >= 11 is 0. The third kappa shape index (κ3) is 6.49. The van der Waals surface area contributed by atoms with Crippen LogP contribution in [0.2, 0.25) is 0 Å². The Labute approximate surface area is 175 Å². The first-order valence-electron chi connectivity index (χ1n) is 10.8. The van der Waals surface area contributed by atoms with Crippen molar-refractivity contribution >= 4 is 24.3 Å². The minimum Gasteiger partial charge on any atom is -0.378 e. The number of carbonyl (C=O) groups is 2. The van der Waals surface area contributed by atoms with E-state index in [-0.39, 0.29) is 36.4 Å². The number of hydrogen-bond donors (Lipinski definition) is 2. The summed E-state index contributed by atoms with van der Waals surface area (Å²) < 4.78 is 5.83. The monoisotopic (exact) mass is 416 g/mol. The Hall–Kier alpha value is -1.05. The zero-order valence-corrected chi connectivity index (χ0v) is 17.8. The van der Waals surface area contributed by atoms with Crippen molar-refractivity contribution in [3.8, 4) is 0 Å². The molecule has 0 bridgehead atoms. The van der Waals surface area contributed by atoms with E-state index in [0.717, 1.165) is 64.6 Å². The molecule has 2 heterocycles. The summed E-state index contributed by atoms with van der Waals surface area (Å²) in [6.45, 7) is 4.21. The van der Waals surface area contributed by atoms with Crippen LogP contribution in [0, 0.1) is 5.92 Å². The number of nitrogens with two attached hydrogens (primary N) is 1. The molecule has 28 heavy (non-hydrogen) atoms. The van der Waals surface area contributed by atoms with E-state index in [9.17, 15) is 9.59 Å². The predicted octanol–water partition coefficient (Wildman–Crippen LogP) is 2.13. The molecule has 0 spiro atoms. The van der Waals surface area contributed by atoms with Crippen LogP contribution >= 0.6 is 12.4 Å². The van der Waals surface area contributed by atoms with Crippen molar-refractivity contribution < 1.29 is 14.3 Å². The Kier molecular flexibility index (Phi) is 9.82. The molecule has 3 amide bonds. The number of halogens is 1. The lowest BCUT2D eigenvalue weighted by Gasteiger charge is -2.38. The Morgan fingerprint density at radius 2 is 1.68 bits per heavy atom. The first kappa shape index (κ1) is 23.2. The zero-order chi connectivity index (χ0) is 19.1. The second-order valence-corrected chi connectivity index (χ2v) is 8.25. The molecule has 8 heteroatoms. The van der Waals surface area contributed by atoms with Gasteiger partial charge in [-0.25, -0.2) is 4.79 Å². The first-order valence-corrected chi connectivity index (χ1v) is 10.8. The molecule has 0 aromatic heterocycles. The molecule has 162 valence electrons. The van der Waals surface area contributed by atoms with E-state index >= 15 is 0 Å². The van der Waals surface area contributed by atoms with Gasteiger partial charge in [0.05, 0.1) is 12.0 Å². The molecular weight excluding hydrogens is 380 g/mol. The van der Waals surface area contributed by atoms with Crippen LogP contribution in [0.5, 0.6) is 0 Å². The van der Waals surface area contributed by atoms with E-state index < -0.39 is 0 Å². The first-order chi connectivity index (χ1) is 13.2. The number of nitrogens with one attached hydrogen (secondary N) is 1. The molecule has 3 fully saturated rings. The molecular formula is C20H37ClN4O3. The molecule has 2 aliphatic heterocycles. The molecule has 3 aliphatic rings. The average molecular weight is 417 g/mol. The Morgan fingerprint density at radius 1 is 0.964 bits per heavy atom. The molecule has 7 nitrogen and oxygen atoms in total. The molecule has 0 aromatic rings. The summed E-state index contributed by atoms with van der Waals surface area (Å²) in [5.74, 6) is 0.163. The molecule has 1 aliphatic carbocycles. The second-order valence-electron chi connectivity index (χ2n) is 8.25. The lowest BCUT2D eigenvalue weighted by atomic mass is 9.95. The quantitative estimate of drug-likeness (QED) is 0.649. The van der Waals surface area contributed by atoms with Gasteiger partial charge in [-0.1, -0.05) is 12.8 Å². The number of piperidine rings is 2. The van der Waals surface area contributed by atoms with Crippen LogP contribution in [-0.4, -0.2) is 73.2 Å². The number of nitrogens with zero attached hydrogens (tertiary/aromatic N) is 2. The van der Waals surface area contributed by atoms with E-state index in [0.29, 0.717) is 25.7 Å². The van der Waals surface area contributed by atoms with Crippen molar-refractivity contribution in [2.45, 2.75) is 69.9 Å². The van der Waals surface area contributed by atoms with Crippen LogP contribution < -0.4 is 11.1 Å². The van der Waals surface area contributed by atoms with Gasteiger partial charge < -0.3 is 25.6 Å². The molecule has 3 rings (SSSR count). The van der Waals surface area contributed by atoms with Crippen LogP contribution in [0.15, 0.2) is 0 Å². The normalized spacial score (nSPS) is 24.1. The fourth-order valence-corrected chi connectivity index (χ4v) is 4.53. The number of urea groups is 1. The molecule has 1 unspecified atom stereocenters. The van der Waals surface area contributed by atoms with Crippen LogP contribution in [0.25, 0.3) is 0 Å². The van der Waals surface area contributed by atoms with Crippen molar-refractivity contribution in [2.75, 3.05) is 39.3 Å². The topological polar surface area (TPSA) is 87.9 Å². The third-order valence-corrected chi connectivity index (χ3v) is 6.20. The van der Waals surface area contributed by atoms with Gasteiger partial charge in [0.15, 0.2) is 0 Å². The second kappa shape index (κ2) is 11.8. The number of carbonyl (C=O) groups excluding carboxylic acids is 2. The largest absolute Gasteiger partial charge is 0.378 e. The number of amides is 3. The van der Waals surface area contributed by atoms with Crippen LogP contribution in [0.1, 0.15) is 57.8 Å².